The van der Waals surface area contributed by atoms with E-state index in [1.54, 1.807) is 12.1 Å². The standard InChI is InChI=1S/C20H20O5/c1-5-16(15-9-7-6-8-10-15)17-11-20(25-14(3)22)19(23-4)12-18(17)24-13(2)21/h5-12,16H,1H2,2-4H3/t16-/m0/s1. The van der Waals surface area contributed by atoms with Crippen LogP contribution in [0.1, 0.15) is 30.9 Å². The monoisotopic (exact) mass is 340 g/mol. The lowest BCUT2D eigenvalue weighted by atomic mass is 9.90. The first kappa shape index (κ1) is 18.3. The second kappa shape index (κ2) is 8.15. The SMILES string of the molecule is C=C[C@@H](c1ccccc1)c1cc(OC(C)=O)c(OC)cc1OC(C)=O. The number of allylic oxidation sites excluding steroid dienone is 1. The van der Waals surface area contributed by atoms with Gasteiger partial charge in [-0.05, 0) is 11.6 Å². The van der Waals surface area contributed by atoms with E-state index in [1.165, 1.54) is 27.0 Å². The molecule has 0 spiro atoms. The molecule has 2 aromatic carbocycles. The zero-order valence-corrected chi connectivity index (χ0v) is 14.4. The summed E-state index contributed by atoms with van der Waals surface area (Å²) in [6.45, 7) is 6.52. The van der Waals surface area contributed by atoms with Crippen LogP contribution in [-0.2, 0) is 9.59 Å². The first-order valence-corrected chi connectivity index (χ1v) is 7.72. The molecule has 2 rings (SSSR count). The Morgan fingerprint density at radius 2 is 1.56 bits per heavy atom. The van der Waals surface area contributed by atoms with Crippen molar-refractivity contribution in [2.45, 2.75) is 19.8 Å². The topological polar surface area (TPSA) is 61.8 Å². The fourth-order valence-electron chi connectivity index (χ4n) is 2.54. The van der Waals surface area contributed by atoms with Gasteiger partial charge < -0.3 is 14.2 Å². The molecule has 25 heavy (non-hydrogen) atoms. The highest BCUT2D eigenvalue weighted by atomic mass is 16.6. The summed E-state index contributed by atoms with van der Waals surface area (Å²) in [7, 11) is 1.45. The quantitative estimate of drug-likeness (QED) is 0.454. The first-order chi connectivity index (χ1) is 12.0. The minimum atomic E-state index is -0.473. The van der Waals surface area contributed by atoms with E-state index >= 15 is 0 Å². The number of rotatable bonds is 6. The van der Waals surface area contributed by atoms with Crippen LogP contribution in [0.4, 0.5) is 0 Å². The van der Waals surface area contributed by atoms with Crippen molar-refractivity contribution in [2.75, 3.05) is 7.11 Å². The molecule has 130 valence electrons. The summed E-state index contributed by atoms with van der Waals surface area (Å²) in [5.41, 5.74) is 1.61. The Labute approximate surface area is 146 Å². The Bertz CT molecular complexity index is 780. The minimum absolute atomic E-state index is 0.253. The van der Waals surface area contributed by atoms with Crippen LogP contribution in [0.3, 0.4) is 0 Å². The lowest BCUT2D eigenvalue weighted by Crippen LogP contribution is -2.09. The normalized spacial score (nSPS) is 11.3. The predicted octanol–water partition coefficient (Wildman–Crippen LogP) is 3.86. The van der Waals surface area contributed by atoms with Gasteiger partial charge in [0.2, 0.25) is 0 Å². The number of ether oxygens (including phenoxy) is 3. The van der Waals surface area contributed by atoms with Crippen LogP contribution in [0.5, 0.6) is 17.2 Å². The molecule has 0 aliphatic heterocycles. The fraction of sp³-hybridized carbons (Fsp3) is 0.200. The van der Waals surface area contributed by atoms with E-state index in [4.69, 9.17) is 14.2 Å². The van der Waals surface area contributed by atoms with Crippen LogP contribution in [0, 0.1) is 0 Å². The summed E-state index contributed by atoms with van der Waals surface area (Å²) in [5, 5.41) is 0. The Morgan fingerprint density at radius 1 is 0.960 bits per heavy atom. The maximum absolute atomic E-state index is 11.5. The maximum atomic E-state index is 11.5. The first-order valence-electron chi connectivity index (χ1n) is 7.72. The summed E-state index contributed by atoms with van der Waals surface area (Å²) >= 11 is 0. The Balaban J connectivity index is 2.64. The molecule has 0 unspecified atom stereocenters. The molecule has 5 nitrogen and oxygen atoms in total. The molecule has 0 bridgehead atoms. The molecule has 0 saturated carbocycles. The van der Waals surface area contributed by atoms with Crippen molar-refractivity contribution in [1.82, 2.24) is 0 Å². The van der Waals surface area contributed by atoms with Gasteiger partial charge in [0.25, 0.3) is 0 Å². The molecule has 2 aromatic rings. The van der Waals surface area contributed by atoms with Gasteiger partial charge in [-0.25, -0.2) is 0 Å². The van der Waals surface area contributed by atoms with Crippen molar-refractivity contribution in [1.29, 1.82) is 0 Å². The van der Waals surface area contributed by atoms with Gasteiger partial charge >= 0.3 is 11.9 Å². The second-order valence-corrected chi connectivity index (χ2v) is 5.35. The fourth-order valence-corrected chi connectivity index (χ4v) is 2.54. The second-order valence-electron chi connectivity index (χ2n) is 5.35. The highest BCUT2D eigenvalue weighted by Gasteiger charge is 2.21. The lowest BCUT2D eigenvalue weighted by Gasteiger charge is -2.20. The van der Waals surface area contributed by atoms with Crippen molar-refractivity contribution >= 4 is 11.9 Å². The Morgan fingerprint density at radius 3 is 2.08 bits per heavy atom. The molecule has 0 aromatic heterocycles. The molecular formula is C20H20O5. The summed E-state index contributed by atoms with van der Waals surface area (Å²) in [6.07, 6.45) is 1.74. The third-order valence-corrected chi connectivity index (χ3v) is 3.53. The van der Waals surface area contributed by atoms with E-state index in [-0.39, 0.29) is 11.7 Å². The Kier molecular flexibility index (Phi) is 5.95. The number of benzene rings is 2. The molecule has 0 heterocycles. The van der Waals surface area contributed by atoms with Gasteiger partial charge in [0, 0.05) is 31.4 Å². The van der Waals surface area contributed by atoms with Crippen molar-refractivity contribution in [3.63, 3.8) is 0 Å². The van der Waals surface area contributed by atoms with Crippen molar-refractivity contribution < 1.29 is 23.8 Å². The number of carbonyl (C=O) groups excluding carboxylic acids is 2. The number of esters is 2. The zero-order chi connectivity index (χ0) is 18.4. The summed E-state index contributed by atoms with van der Waals surface area (Å²) in [4.78, 5) is 22.9. The highest BCUT2D eigenvalue weighted by Crippen LogP contribution is 2.41. The average Bonchev–Trinajstić information content (AvgIpc) is 2.57. The van der Waals surface area contributed by atoms with E-state index in [0.29, 0.717) is 17.1 Å². The lowest BCUT2D eigenvalue weighted by molar-refractivity contribution is -0.133. The predicted molar refractivity (Wildman–Crippen MR) is 94.1 cm³/mol. The zero-order valence-electron chi connectivity index (χ0n) is 14.4. The minimum Gasteiger partial charge on any atom is -0.493 e. The molecule has 0 amide bonds. The largest absolute Gasteiger partial charge is 0.493 e. The van der Waals surface area contributed by atoms with E-state index in [9.17, 15) is 9.59 Å². The van der Waals surface area contributed by atoms with Crippen molar-refractivity contribution in [3.8, 4) is 17.2 Å². The van der Waals surface area contributed by atoms with Gasteiger partial charge in [-0.2, -0.15) is 0 Å². The van der Waals surface area contributed by atoms with Gasteiger partial charge in [-0.15, -0.1) is 6.58 Å². The summed E-state index contributed by atoms with van der Waals surface area (Å²) < 4.78 is 15.8. The number of hydrogen-bond donors (Lipinski definition) is 0. The third kappa shape index (κ3) is 4.47. The van der Waals surface area contributed by atoms with Crippen molar-refractivity contribution in [3.05, 3.63) is 66.2 Å². The maximum Gasteiger partial charge on any atom is 0.308 e. The number of methoxy groups -OCH3 is 1. The van der Waals surface area contributed by atoms with E-state index in [1.807, 2.05) is 30.3 Å². The number of carbonyl (C=O) groups is 2. The number of hydrogen-bond acceptors (Lipinski definition) is 5. The average molecular weight is 340 g/mol. The molecule has 0 N–H and O–H groups in total. The molecule has 5 heteroatoms. The molecule has 0 aliphatic rings. The molecular weight excluding hydrogens is 320 g/mol. The van der Waals surface area contributed by atoms with Crippen molar-refractivity contribution in [2.24, 2.45) is 0 Å². The van der Waals surface area contributed by atoms with Crippen LogP contribution in [-0.4, -0.2) is 19.0 Å². The van der Waals surface area contributed by atoms with Crippen LogP contribution >= 0.6 is 0 Å². The van der Waals surface area contributed by atoms with Crippen LogP contribution < -0.4 is 14.2 Å². The summed E-state index contributed by atoms with van der Waals surface area (Å²) in [5.74, 6) is -0.307. The summed E-state index contributed by atoms with van der Waals surface area (Å²) in [6, 6.07) is 12.8. The molecule has 0 aliphatic carbocycles. The van der Waals surface area contributed by atoms with E-state index < -0.39 is 11.9 Å². The van der Waals surface area contributed by atoms with Gasteiger partial charge in [0.15, 0.2) is 11.5 Å². The van der Waals surface area contributed by atoms with Gasteiger partial charge in [-0.1, -0.05) is 36.4 Å². The van der Waals surface area contributed by atoms with Gasteiger partial charge in [0.1, 0.15) is 5.75 Å². The molecule has 0 fully saturated rings. The van der Waals surface area contributed by atoms with Crippen LogP contribution in [0.25, 0.3) is 0 Å². The van der Waals surface area contributed by atoms with E-state index in [0.717, 1.165) is 5.56 Å². The van der Waals surface area contributed by atoms with E-state index in [2.05, 4.69) is 6.58 Å². The third-order valence-electron chi connectivity index (χ3n) is 3.53. The smallest absolute Gasteiger partial charge is 0.308 e. The van der Waals surface area contributed by atoms with Gasteiger partial charge in [0.05, 0.1) is 7.11 Å². The molecule has 0 radical (unpaired) electrons. The van der Waals surface area contributed by atoms with Crippen LogP contribution in [0.2, 0.25) is 0 Å². The Hall–Kier alpha value is -3.08. The van der Waals surface area contributed by atoms with Crippen LogP contribution in [0.15, 0.2) is 55.1 Å². The van der Waals surface area contributed by atoms with Gasteiger partial charge in [-0.3, -0.25) is 9.59 Å². The molecule has 0 saturated heterocycles. The highest BCUT2D eigenvalue weighted by molar-refractivity contribution is 5.73. The molecule has 1 atom stereocenters.